The van der Waals surface area contributed by atoms with Crippen LogP contribution < -0.4 is 5.32 Å². The summed E-state index contributed by atoms with van der Waals surface area (Å²) in [6, 6.07) is 7.02. The van der Waals surface area contributed by atoms with E-state index in [1.807, 2.05) is 0 Å². The molecule has 120 valence electrons. The van der Waals surface area contributed by atoms with Gasteiger partial charge < -0.3 is 15.0 Å². The third-order valence-electron chi connectivity index (χ3n) is 3.85. The van der Waals surface area contributed by atoms with Crippen molar-refractivity contribution in [3.63, 3.8) is 0 Å². The molecule has 1 aliphatic rings. The van der Waals surface area contributed by atoms with Gasteiger partial charge in [0.1, 0.15) is 11.5 Å². The Labute approximate surface area is 136 Å². The van der Waals surface area contributed by atoms with Crippen molar-refractivity contribution in [3.8, 4) is 0 Å². The second kappa shape index (κ2) is 6.08. The topological polar surface area (TPSA) is 71.3 Å². The molecule has 0 radical (unpaired) electrons. The lowest BCUT2D eigenvalue weighted by Crippen LogP contribution is -2.28. The van der Waals surface area contributed by atoms with E-state index >= 15 is 0 Å². The maximum atomic E-state index is 13.0. The zero-order valence-electron chi connectivity index (χ0n) is 12.4. The Hall–Kier alpha value is -2.28. The fourth-order valence-electron chi connectivity index (χ4n) is 2.60. The number of aromatic nitrogens is 1. The van der Waals surface area contributed by atoms with Crippen LogP contribution in [0.5, 0.6) is 0 Å². The van der Waals surface area contributed by atoms with Crippen LogP contribution in [0.4, 0.5) is 4.39 Å². The Morgan fingerprint density at radius 2 is 2.04 bits per heavy atom. The molecule has 1 amide bonds. The number of fused-ring (bicyclic) bond motifs is 1. The third-order valence-corrected chi connectivity index (χ3v) is 4.77. The lowest BCUT2D eigenvalue weighted by Gasteiger charge is -2.15. The lowest BCUT2D eigenvalue weighted by molar-refractivity contribution is 0.0696. The highest BCUT2D eigenvalue weighted by Gasteiger charge is 2.27. The first kappa shape index (κ1) is 15.6. The highest BCUT2D eigenvalue weighted by Crippen LogP contribution is 2.30. The van der Waals surface area contributed by atoms with Crippen molar-refractivity contribution in [1.82, 2.24) is 9.88 Å². The van der Waals surface area contributed by atoms with Crippen molar-refractivity contribution < 1.29 is 19.1 Å². The molecule has 0 fully saturated rings. The number of carboxylic acid groups (broad SMARTS) is 1. The van der Waals surface area contributed by atoms with Crippen LogP contribution >= 0.6 is 11.8 Å². The molecule has 2 aromatic rings. The third kappa shape index (κ3) is 2.96. The van der Waals surface area contributed by atoms with E-state index in [4.69, 9.17) is 0 Å². The van der Waals surface area contributed by atoms with Gasteiger partial charge in [0.15, 0.2) is 0 Å². The number of thioether (sulfide) groups is 1. The minimum Gasteiger partial charge on any atom is -0.478 e. The molecule has 7 heteroatoms. The van der Waals surface area contributed by atoms with Crippen LogP contribution in [0.3, 0.4) is 0 Å². The number of nitrogens with zero attached hydrogens (tertiary/aromatic N) is 1. The van der Waals surface area contributed by atoms with E-state index in [9.17, 15) is 19.1 Å². The monoisotopic (exact) mass is 334 g/mol. The first-order valence-corrected chi connectivity index (χ1v) is 8.22. The SMILES string of the molecule is C[C@@H](NC(=O)c1cc(C(=O)O)c2n1CSC2)c1ccc(F)cc1. The van der Waals surface area contributed by atoms with Gasteiger partial charge in [0.25, 0.3) is 5.91 Å². The quantitative estimate of drug-likeness (QED) is 0.901. The Morgan fingerprint density at radius 3 is 2.70 bits per heavy atom. The number of rotatable bonds is 4. The summed E-state index contributed by atoms with van der Waals surface area (Å²) in [5, 5.41) is 12.1. The molecule has 23 heavy (non-hydrogen) atoms. The predicted molar refractivity (Wildman–Crippen MR) is 85.0 cm³/mol. The van der Waals surface area contributed by atoms with Crippen LogP contribution in [0.25, 0.3) is 0 Å². The van der Waals surface area contributed by atoms with Crippen molar-refractivity contribution in [2.75, 3.05) is 0 Å². The van der Waals surface area contributed by atoms with Crippen molar-refractivity contribution >= 4 is 23.6 Å². The average Bonchev–Trinajstić information content (AvgIpc) is 3.08. The van der Waals surface area contributed by atoms with Gasteiger partial charge in [0.05, 0.1) is 17.5 Å². The number of hydrogen-bond donors (Lipinski definition) is 2. The van der Waals surface area contributed by atoms with Crippen LogP contribution in [0.1, 0.15) is 45.1 Å². The van der Waals surface area contributed by atoms with E-state index in [0.717, 1.165) is 5.56 Å². The number of carbonyl (C=O) groups excluding carboxylic acids is 1. The Bertz CT molecular complexity index is 770. The second-order valence-corrected chi connectivity index (χ2v) is 6.30. The van der Waals surface area contributed by atoms with Crippen LogP contribution in [0, 0.1) is 5.82 Å². The van der Waals surface area contributed by atoms with Gasteiger partial charge in [-0.05, 0) is 30.7 Å². The molecular formula is C16H15FN2O3S. The van der Waals surface area contributed by atoms with E-state index in [0.29, 0.717) is 23.0 Å². The number of aromatic carboxylic acids is 1. The number of carboxylic acids is 1. The highest BCUT2D eigenvalue weighted by atomic mass is 32.2. The van der Waals surface area contributed by atoms with Gasteiger partial charge in [-0.2, -0.15) is 0 Å². The largest absolute Gasteiger partial charge is 0.478 e. The van der Waals surface area contributed by atoms with E-state index in [1.165, 1.54) is 18.2 Å². The summed E-state index contributed by atoms with van der Waals surface area (Å²) in [5.41, 5.74) is 1.97. The highest BCUT2D eigenvalue weighted by molar-refractivity contribution is 7.97. The average molecular weight is 334 g/mol. The number of halogens is 1. The molecule has 1 aromatic carbocycles. The molecule has 5 nitrogen and oxygen atoms in total. The Kier molecular flexibility index (Phi) is 4.12. The lowest BCUT2D eigenvalue weighted by atomic mass is 10.1. The van der Waals surface area contributed by atoms with Gasteiger partial charge >= 0.3 is 5.97 Å². The van der Waals surface area contributed by atoms with E-state index in [-0.39, 0.29) is 23.3 Å². The van der Waals surface area contributed by atoms with Crippen molar-refractivity contribution in [3.05, 3.63) is 58.7 Å². The first-order chi connectivity index (χ1) is 11.0. The molecular weight excluding hydrogens is 319 g/mol. The molecule has 3 rings (SSSR count). The van der Waals surface area contributed by atoms with E-state index in [2.05, 4.69) is 5.32 Å². The molecule has 0 bridgehead atoms. The molecule has 1 atom stereocenters. The summed E-state index contributed by atoms with van der Waals surface area (Å²) in [5.74, 6) is -0.543. The molecule has 0 saturated carbocycles. The number of amides is 1. The second-order valence-electron chi connectivity index (χ2n) is 5.35. The summed E-state index contributed by atoms with van der Waals surface area (Å²) < 4.78 is 14.7. The number of benzene rings is 1. The minimum absolute atomic E-state index is 0.176. The van der Waals surface area contributed by atoms with Gasteiger partial charge in [0, 0.05) is 11.4 Å². The predicted octanol–water partition coefficient (Wildman–Crippen LogP) is 3.02. The molecule has 0 aliphatic carbocycles. The van der Waals surface area contributed by atoms with Crippen LogP contribution in [-0.4, -0.2) is 21.6 Å². The first-order valence-electron chi connectivity index (χ1n) is 7.07. The fraction of sp³-hybridized carbons (Fsp3) is 0.250. The van der Waals surface area contributed by atoms with Crippen LogP contribution in [-0.2, 0) is 11.6 Å². The Balaban J connectivity index is 1.82. The van der Waals surface area contributed by atoms with Gasteiger partial charge in [-0.25, -0.2) is 9.18 Å². The van der Waals surface area contributed by atoms with Gasteiger partial charge in [-0.3, -0.25) is 4.79 Å². The molecule has 0 unspecified atom stereocenters. The molecule has 2 N–H and O–H groups in total. The minimum atomic E-state index is -1.03. The van der Waals surface area contributed by atoms with Crippen LogP contribution in [0.15, 0.2) is 30.3 Å². The summed E-state index contributed by atoms with van der Waals surface area (Å²) in [6.45, 7) is 1.80. The number of nitrogens with one attached hydrogen (secondary N) is 1. The van der Waals surface area contributed by atoms with Crippen molar-refractivity contribution in [1.29, 1.82) is 0 Å². The fourth-order valence-corrected chi connectivity index (χ4v) is 3.68. The summed E-state index contributed by atoms with van der Waals surface area (Å²) in [6.07, 6.45) is 0. The molecule has 1 aromatic heterocycles. The normalized spacial score (nSPS) is 14.3. The molecule has 2 heterocycles. The maximum absolute atomic E-state index is 13.0. The standard InChI is InChI=1S/C16H15FN2O3S/c1-9(10-2-4-11(17)5-3-10)18-15(20)13-6-12(16(21)22)14-7-23-8-19(13)14/h2-6,9H,7-8H2,1H3,(H,18,20)(H,21,22)/t9-/m1/s1. The zero-order chi connectivity index (χ0) is 16.6. The van der Waals surface area contributed by atoms with Gasteiger partial charge in [-0.1, -0.05) is 12.1 Å². The molecule has 0 saturated heterocycles. The van der Waals surface area contributed by atoms with Gasteiger partial charge in [-0.15, -0.1) is 11.8 Å². The molecule has 1 aliphatic heterocycles. The Morgan fingerprint density at radius 1 is 1.35 bits per heavy atom. The summed E-state index contributed by atoms with van der Waals surface area (Å²) in [4.78, 5) is 23.8. The van der Waals surface area contributed by atoms with Crippen molar-refractivity contribution in [2.24, 2.45) is 0 Å². The number of carbonyl (C=O) groups is 2. The van der Waals surface area contributed by atoms with Crippen LogP contribution in [0.2, 0.25) is 0 Å². The van der Waals surface area contributed by atoms with E-state index < -0.39 is 5.97 Å². The smallest absolute Gasteiger partial charge is 0.337 e. The van der Waals surface area contributed by atoms with Gasteiger partial charge in [0.2, 0.25) is 0 Å². The molecule has 0 spiro atoms. The summed E-state index contributed by atoms with van der Waals surface area (Å²) >= 11 is 1.57. The van der Waals surface area contributed by atoms with Crippen molar-refractivity contribution in [2.45, 2.75) is 24.6 Å². The summed E-state index contributed by atoms with van der Waals surface area (Å²) in [7, 11) is 0. The zero-order valence-corrected chi connectivity index (χ0v) is 13.2. The maximum Gasteiger partial charge on any atom is 0.337 e. The number of hydrogen-bond acceptors (Lipinski definition) is 3. The van der Waals surface area contributed by atoms with E-state index in [1.54, 1.807) is 35.4 Å².